The second-order valence-corrected chi connectivity index (χ2v) is 14.6. The van der Waals surface area contributed by atoms with Crippen LogP contribution in [-0.2, 0) is 0 Å². The molecule has 0 aromatic heterocycles. The van der Waals surface area contributed by atoms with Crippen molar-refractivity contribution in [3.05, 3.63) is 0 Å². The first-order valence-corrected chi connectivity index (χ1v) is 20.4. The van der Waals surface area contributed by atoms with Crippen molar-refractivity contribution in [3.63, 3.8) is 0 Å². The first kappa shape index (κ1) is 39.0. The largest absolute Gasteiger partial charge is 0.0654 e. The normalized spacial score (nSPS) is 14.3. The maximum absolute atomic E-state index is 2.31. The molecule has 0 saturated heterocycles. The predicted octanol–water partition coefficient (Wildman–Crippen LogP) is 15.8. The van der Waals surface area contributed by atoms with Crippen LogP contribution in [0.2, 0.25) is 0 Å². The molecule has 0 nitrogen and oxygen atoms in total. The molecule has 0 heterocycles. The number of unbranched alkanes of at least 4 members (excludes halogenated alkanes) is 32. The molecular weight excluding hydrogens is 492 g/mol. The van der Waals surface area contributed by atoms with Crippen LogP contribution in [0.1, 0.15) is 257 Å². The van der Waals surface area contributed by atoms with E-state index in [0.29, 0.717) is 0 Å². The van der Waals surface area contributed by atoms with Gasteiger partial charge in [0.05, 0.1) is 0 Å². The lowest BCUT2D eigenvalue weighted by Gasteiger charge is -2.21. The third kappa shape index (κ3) is 31.2. The maximum atomic E-state index is 2.31. The fourth-order valence-corrected chi connectivity index (χ4v) is 7.46. The first-order valence-electron chi connectivity index (χ1n) is 20.4. The molecule has 0 atom stereocenters. The van der Waals surface area contributed by atoms with Crippen molar-refractivity contribution in [2.75, 3.05) is 0 Å². The Balaban J connectivity index is 1.60. The van der Waals surface area contributed by atoms with Crippen LogP contribution in [-0.4, -0.2) is 0 Å². The van der Waals surface area contributed by atoms with E-state index in [9.17, 15) is 0 Å². The van der Waals surface area contributed by atoms with Crippen LogP contribution in [0.25, 0.3) is 0 Å². The molecular formula is C41H82. The Hall–Kier alpha value is 0. The zero-order valence-electron chi connectivity index (χ0n) is 29.2. The van der Waals surface area contributed by atoms with Gasteiger partial charge in [0, 0.05) is 0 Å². The summed E-state index contributed by atoms with van der Waals surface area (Å²) in [7, 11) is 0. The van der Waals surface area contributed by atoms with Crippen LogP contribution < -0.4 is 0 Å². The van der Waals surface area contributed by atoms with Crippen molar-refractivity contribution in [2.24, 2.45) is 5.92 Å². The van der Waals surface area contributed by atoms with E-state index in [1.165, 1.54) is 231 Å². The molecule has 1 rings (SSSR count). The summed E-state index contributed by atoms with van der Waals surface area (Å²) in [6, 6.07) is 0. The fraction of sp³-hybridized carbons (Fsp3) is 1.00. The zero-order chi connectivity index (χ0) is 29.2. The Morgan fingerprint density at radius 2 is 0.488 bits per heavy atom. The van der Waals surface area contributed by atoms with Crippen LogP contribution in [0.15, 0.2) is 0 Å². The Morgan fingerprint density at radius 3 is 0.732 bits per heavy atom. The van der Waals surface area contributed by atoms with E-state index < -0.39 is 0 Å². The first-order chi connectivity index (χ1) is 20.4. The average Bonchev–Trinajstić information content (AvgIpc) is 3.00. The molecule has 0 radical (unpaired) electrons. The number of rotatable bonds is 34. The summed E-state index contributed by atoms with van der Waals surface area (Å²) in [6.07, 6.45) is 58.4. The third-order valence-corrected chi connectivity index (χ3v) is 10.4. The van der Waals surface area contributed by atoms with Crippen LogP contribution in [0.5, 0.6) is 0 Å². The molecule has 0 amide bonds. The minimum atomic E-state index is 1.10. The molecule has 0 aliphatic heterocycles. The predicted molar refractivity (Wildman–Crippen MR) is 189 cm³/mol. The highest BCUT2D eigenvalue weighted by Crippen LogP contribution is 2.28. The van der Waals surface area contributed by atoms with Gasteiger partial charge in [-0.2, -0.15) is 0 Å². The Morgan fingerprint density at radius 1 is 0.268 bits per heavy atom. The molecule has 246 valence electrons. The van der Waals surface area contributed by atoms with Gasteiger partial charge in [0.25, 0.3) is 0 Å². The molecule has 0 spiro atoms. The molecule has 0 unspecified atom stereocenters. The molecule has 1 aliphatic carbocycles. The van der Waals surface area contributed by atoms with Crippen molar-refractivity contribution in [1.82, 2.24) is 0 Å². The lowest BCUT2D eigenvalue weighted by Crippen LogP contribution is -2.05. The second-order valence-electron chi connectivity index (χ2n) is 14.6. The van der Waals surface area contributed by atoms with Crippen molar-refractivity contribution in [2.45, 2.75) is 257 Å². The molecule has 0 bridgehead atoms. The number of hydrogen-bond acceptors (Lipinski definition) is 0. The summed E-state index contributed by atoms with van der Waals surface area (Å²) in [5.41, 5.74) is 0. The van der Waals surface area contributed by atoms with E-state index in [4.69, 9.17) is 0 Å². The number of hydrogen-bond donors (Lipinski definition) is 0. The Bertz CT molecular complexity index is 447. The zero-order valence-corrected chi connectivity index (χ0v) is 29.2. The molecule has 41 heavy (non-hydrogen) atoms. The molecule has 0 aromatic rings. The van der Waals surface area contributed by atoms with Crippen molar-refractivity contribution < 1.29 is 0 Å². The van der Waals surface area contributed by atoms with Gasteiger partial charge in [-0.15, -0.1) is 0 Å². The standard InChI is InChI=1S/C41H82/c1-2-3-4-5-6-7-8-9-10-11-12-13-14-15-16-17-18-19-20-21-22-23-24-25-26-27-28-29-30-31-32-33-35-38-41-39-36-34-37-40-41/h41H,2-40H2,1H3. The topological polar surface area (TPSA) is 0 Å². The van der Waals surface area contributed by atoms with E-state index in [1.54, 1.807) is 19.3 Å². The van der Waals surface area contributed by atoms with E-state index in [-0.39, 0.29) is 0 Å². The van der Waals surface area contributed by atoms with Gasteiger partial charge in [0.1, 0.15) is 0 Å². The highest BCUT2D eigenvalue weighted by atomic mass is 14.2. The van der Waals surface area contributed by atoms with E-state index >= 15 is 0 Å². The minimum Gasteiger partial charge on any atom is -0.0654 e. The summed E-state index contributed by atoms with van der Waals surface area (Å²) >= 11 is 0. The molecule has 0 heteroatoms. The highest BCUT2D eigenvalue weighted by Gasteiger charge is 2.12. The average molecular weight is 575 g/mol. The quantitative estimate of drug-likeness (QED) is 0.0670. The Labute approximate surface area is 262 Å². The van der Waals surface area contributed by atoms with Crippen molar-refractivity contribution in [1.29, 1.82) is 0 Å². The van der Waals surface area contributed by atoms with Crippen LogP contribution in [0, 0.1) is 5.92 Å². The SMILES string of the molecule is CCCCCCCCCCCCCCCCCCCCCCCCCCCCCCCCCCCC1CCCCC1. The van der Waals surface area contributed by atoms with Gasteiger partial charge in [-0.05, 0) is 5.92 Å². The molecule has 1 saturated carbocycles. The smallest absolute Gasteiger partial charge is 0.0414 e. The highest BCUT2D eigenvalue weighted by molar-refractivity contribution is 4.65. The van der Waals surface area contributed by atoms with Gasteiger partial charge in [-0.25, -0.2) is 0 Å². The lowest BCUT2D eigenvalue weighted by atomic mass is 9.85. The summed E-state index contributed by atoms with van der Waals surface area (Å²) in [4.78, 5) is 0. The molecule has 1 fully saturated rings. The van der Waals surface area contributed by atoms with Gasteiger partial charge >= 0.3 is 0 Å². The maximum Gasteiger partial charge on any atom is -0.0414 e. The van der Waals surface area contributed by atoms with Gasteiger partial charge in [0.15, 0.2) is 0 Å². The summed E-state index contributed by atoms with van der Waals surface area (Å²) in [6.45, 7) is 2.31. The van der Waals surface area contributed by atoms with E-state index in [1.807, 2.05) is 0 Å². The van der Waals surface area contributed by atoms with Gasteiger partial charge in [-0.3, -0.25) is 0 Å². The van der Waals surface area contributed by atoms with Gasteiger partial charge in [0.2, 0.25) is 0 Å². The lowest BCUT2D eigenvalue weighted by molar-refractivity contribution is 0.328. The van der Waals surface area contributed by atoms with Crippen LogP contribution >= 0.6 is 0 Å². The van der Waals surface area contributed by atoms with Crippen molar-refractivity contribution >= 4 is 0 Å². The van der Waals surface area contributed by atoms with E-state index in [2.05, 4.69) is 6.92 Å². The third-order valence-electron chi connectivity index (χ3n) is 10.4. The molecule has 1 aliphatic rings. The summed E-state index contributed by atoms with van der Waals surface area (Å²) < 4.78 is 0. The molecule has 0 aromatic carbocycles. The summed E-state index contributed by atoms with van der Waals surface area (Å²) in [5.74, 6) is 1.10. The van der Waals surface area contributed by atoms with Gasteiger partial charge in [-0.1, -0.05) is 257 Å². The van der Waals surface area contributed by atoms with Crippen molar-refractivity contribution in [3.8, 4) is 0 Å². The van der Waals surface area contributed by atoms with E-state index in [0.717, 1.165) is 5.92 Å². The minimum absolute atomic E-state index is 1.10. The Kier molecular flexibility index (Phi) is 32.8. The summed E-state index contributed by atoms with van der Waals surface area (Å²) in [5, 5.41) is 0. The van der Waals surface area contributed by atoms with Gasteiger partial charge < -0.3 is 0 Å². The van der Waals surface area contributed by atoms with Crippen LogP contribution in [0.4, 0.5) is 0 Å². The molecule has 0 N–H and O–H groups in total. The second kappa shape index (κ2) is 34.5. The van der Waals surface area contributed by atoms with Crippen LogP contribution in [0.3, 0.4) is 0 Å². The monoisotopic (exact) mass is 575 g/mol. The fourth-order valence-electron chi connectivity index (χ4n) is 7.46.